The molecule has 0 saturated carbocycles. The summed E-state index contributed by atoms with van der Waals surface area (Å²) < 4.78 is 17.1. The molecule has 3 unspecified atom stereocenters. The first-order valence-corrected chi connectivity index (χ1v) is 12.1. The van der Waals surface area contributed by atoms with Crippen LogP contribution >= 0.6 is 0 Å². The molecule has 1 heterocycles. The van der Waals surface area contributed by atoms with Gasteiger partial charge in [0.15, 0.2) is 0 Å². The van der Waals surface area contributed by atoms with Crippen LogP contribution in [0.1, 0.15) is 36.2 Å². The van der Waals surface area contributed by atoms with E-state index in [0.717, 1.165) is 18.5 Å². The molecule has 1 amide bonds. The van der Waals surface area contributed by atoms with Crippen LogP contribution in [0, 0.1) is 0 Å². The van der Waals surface area contributed by atoms with Crippen LogP contribution in [-0.4, -0.2) is 85.6 Å². The third-order valence-electron chi connectivity index (χ3n) is 6.24. The average Bonchev–Trinajstić information content (AvgIpc) is 2.87. The van der Waals surface area contributed by atoms with Crippen molar-refractivity contribution in [3.05, 3.63) is 65.7 Å². The maximum absolute atomic E-state index is 13.4. The molecule has 34 heavy (non-hydrogen) atoms. The number of carbonyl (C=O) groups excluding carboxylic acids is 1. The van der Waals surface area contributed by atoms with Gasteiger partial charge in [-0.2, -0.15) is 0 Å². The topological polar surface area (TPSA) is 71.5 Å². The Bertz CT molecular complexity index is 878. The van der Waals surface area contributed by atoms with Crippen LogP contribution in [0.15, 0.2) is 54.6 Å². The molecular formula is C27H38N2O5. The highest BCUT2D eigenvalue weighted by Crippen LogP contribution is 2.22. The predicted octanol–water partition coefficient (Wildman–Crippen LogP) is 3.21. The van der Waals surface area contributed by atoms with Crippen molar-refractivity contribution < 1.29 is 24.1 Å². The van der Waals surface area contributed by atoms with Crippen molar-refractivity contribution in [3.8, 4) is 5.75 Å². The predicted molar refractivity (Wildman–Crippen MR) is 132 cm³/mol. The quantitative estimate of drug-likeness (QED) is 0.514. The fourth-order valence-electron chi connectivity index (χ4n) is 4.17. The fraction of sp³-hybridized carbons (Fsp3) is 0.519. The molecular weight excluding hydrogens is 432 g/mol. The summed E-state index contributed by atoms with van der Waals surface area (Å²) in [5.74, 6) is 0.521. The van der Waals surface area contributed by atoms with E-state index in [1.165, 1.54) is 0 Å². The normalized spacial score (nSPS) is 18.3. The fourth-order valence-corrected chi connectivity index (χ4v) is 4.17. The number of methoxy groups -OCH3 is 1. The van der Waals surface area contributed by atoms with Gasteiger partial charge in [-0.05, 0) is 31.0 Å². The molecule has 1 N–H and O–H groups in total. The Hall–Kier alpha value is -2.45. The summed E-state index contributed by atoms with van der Waals surface area (Å²) in [4.78, 5) is 17.5. The molecule has 1 fully saturated rings. The van der Waals surface area contributed by atoms with E-state index >= 15 is 0 Å². The van der Waals surface area contributed by atoms with E-state index in [4.69, 9.17) is 14.2 Å². The zero-order valence-corrected chi connectivity index (χ0v) is 20.6. The summed E-state index contributed by atoms with van der Waals surface area (Å²) in [6.45, 7) is 7.87. The largest absolute Gasteiger partial charge is 0.496 e. The minimum atomic E-state index is -0.580. The van der Waals surface area contributed by atoms with Gasteiger partial charge in [0, 0.05) is 32.2 Å². The number of β-amino-alcohol motifs (C(OH)–C–C–N with tert-alkyl or cyclic N) is 1. The standard InChI is InChI=1S/C27H38N2O5/c1-4-21(2)29(27(31)25-12-8-9-13-26(25)32-3)18-24-17-28(14-15-34-24)16-23(30)20-33-19-22-10-6-5-7-11-22/h5-13,21,23-24,30H,4,14-20H2,1-3H3. The number of nitrogens with zero attached hydrogens (tertiary/aromatic N) is 2. The lowest BCUT2D eigenvalue weighted by atomic mass is 10.1. The summed E-state index contributed by atoms with van der Waals surface area (Å²) >= 11 is 0. The van der Waals surface area contributed by atoms with Crippen molar-refractivity contribution in [1.82, 2.24) is 9.80 Å². The molecule has 7 nitrogen and oxygen atoms in total. The Morgan fingerprint density at radius 2 is 1.94 bits per heavy atom. The summed E-state index contributed by atoms with van der Waals surface area (Å²) in [6.07, 6.45) is 0.136. The van der Waals surface area contributed by atoms with E-state index in [9.17, 15) is 9.90 Å². The molecule has 0 spiro atoms. The minimum Gasteiger partial charge on any atom is -0.496 e. The number of ether oxygens (including phenoxy) is 3. The van der Waals surface area contributed by atoms with Crippen molar-refractivity contribution in [1.29, 1.82) is 0 Å². The molecule has 0 aliphatic carbocycles. The van der Waals surface area contributed by atoms with Gasteiger partial charge in [-0.25, -0.2) is 0 Å². The van der Waals surface area contributed by atoms with Crippen LogP contribution in [0.25, 0.3) is 0 Å². The highest BCUT2D eigenvalue weighted by molar-refractivity contribution is 5.97. The van der Waals surface area contributed by atoms with E-state index in [-0.39, 0.29) is 24.7 Å². The number of para-hydroxylation sites is 1. The van der Waals surface area contributed by atoms with Crippen LogP contribution in [-0.2, 0) is 16.1 Å². The van der Waals surface area contributed by atoms with Gasteiger partial charge >= 0.3 is 0 Å². The van der Waals surface area contributed by atoms with Crippen LogP contribution in [0.5, 0.6) is 5.75 Å². The maximum atomic E-state index is 13.4. The molecule has 1 aliphatic heterocycles. The number of aliphatic hydroxyl groups is 1. The van der Waals surface area contributed by atoms with Crippen LogP contribution in [0.2, 0.25) is 0 Å². The molecule has 0 aromatic heterocycles. The van der Waals surface area contributed by atoms with E-state index in [2.05, 4.69) is 18.7 Å². The van der Waals surface area contributed by atoms with Crippen LogP contribution < -0.4 is 4.74 Å². The second-order valence-electron chi connectivity index (χ2n) is 8.82. The smallest absolute Gasteiger partial charge is 0.257 e. The number of hydrogen-bond donors (Lipinski definition) is 1. The van der Waals surface area contributed by atoms with Crippen LogP contribution in [0.3, 0.4) is 0 Å². The number of rotatable bonds is 12. The summed E-state index contributed by atoms with van der Waals surface area (Å²) in [6, 6.07) is 17.3. The third-order valence-corrected chi connectivity index (χ3v) is 6.24. The minimum absolute atomic E-state index is 0.0538. The zero-order chi connectivity index (χ0) is 24.3. The molecule has 2 aromatic rings. The van der Waals surface area contributed by atoms with Crippen molar-refractivity contribution in [2.24, 2.45) is 0 Å². The van der Waals surface area contributed by atoms with Crippen molar-refractivity contribution in [2.45, 2.75) is 45.1 Å². The van der Waals surface area contributed by atoms with Gasteiger partial charge in [-0.3, -0.25) is 9.69 Å². The number of morpholine rings is 1. The molecule has 1 aliphatic rings. The van der Waals surface area contributed by atoms with Crippen molar-refractivity contribution in [2.75, 3.05) is 46.5 Å². The summed E-state index contributed by atoms with van der Waals surface area (Å²) in [5, 5.41) is 10.5. The number of amides is 1. The molecule has 2 aromatic carbocycles. The van der Waals surface area contributed by atoms with E-state index in [1.54, 1.807) is 13.2 Å². The molecule has 0 bridgehead atoms. The second kappa shape index (κ2) is 13.4. The first-order valence-electron chi connectivity index (χ1n) is 12.1. The summed E-state index contributed by atoms with van der Waals surface area (Å²) in [5.41, 5.74) is 1.65. The van der Waals surface area contributed by atoms with Gasteiger partial charge in [0.1, 0.15) is 5.75 Å². The van der Waals surface area contributed by atoms with Crippen molar-refractivity contribution >= 4 is 5.91 Å². The Labute approximate surface area is 203 Å². The van der Waals surface area contributed by atoms with Crippen LogP contribution in [0.4, 0.5) is 0 Å². The molecule has 7 heteroatoms. The number of carbonyl (C=O) groups is 1. The monoisotopic (exact) mass is 470 g/mol. The Morgan fingerprint density at radius 1 is 1.21 bits per heavy atom. The average molecular weight is 471 g/mol. The number of benzene rings is 2. The van der Waals surface area contributed by atoms with Gasteiger partial charge in [-0.1, -0.05) is 49.4 Å². The molecule has 186 valence electrons. The SMILES string of the molecule is CCC(C)N(CC1CN(CC(O)COCc2ccccc2)CCO1)C(=O)c1ccccc1OC. The zero-order valence-electron chi connectivity index (χ0n) is 20.6. The van der Waals surface area contributed by atoms with E-state index in [1.807, 2.05) is 53.4 Å². The lowest BCUT2D eigenvalue weighted by Crippen LogP contribution is -2.52. The van der Waals surface area contributed by atoms with Gasteiger partial charge in [0.25, 0.3) is 5.91 Å². The first kappa shape index (κ1) is 26.2. The van der Waals surface area contributed by atoms with Gasteiger partial charge in [0.2, 0.25) is 0 Å². The first-order chi connectivity index (χ1) is 16.5. The molecule has 3 rings (SSSR count). The molecule has 3 atom stereocenters. The highest BCUT2D eigenvalue weighted by atomic mass is 16.5. The van der Waals surface area contributed by atoms with Gasteiger partial charge in [-0.15, -0.1) is 0 Å². The highest BCUT2D eigenvalue weighted by Gasteiger charge is 2.29. The van der Waals surface area contributed by atoms with Gasteiger partial charge in [0.05, 0.1) is 44.7 Å². The Balaban J connectivity index is 1.54. The third kappa shape index (κ3) is 7.53. The Morgan fingerprint density at radius 3 is 2.68 bits per heavy atom. The lowest BCUT2D eigenvalue weighted by molar-refractivity contribution is -0.0620. The maximum Gasteiger partial charge on any atom is 0.257 e. The second-order valence-corrected chi connectivity index (χ2v) is 8.82. The Kier molecular flexibility index (Phi) is 10.3. The number of hydrogen-bond acceptors (Lipinski definition) is 6. The lowest BCUT2D eigenvalue weighted by Gasteiger charge is -2.38. The van der Waals surface area contributed by atoms with E-state index < -0.39 is 6.10 Å². The molecule has 0 radical (unpaired) electrons. The van der Waals surface area contributed by atoms with Crippen molar-refractivity contribution in [3.63, 3.8) is 0 Å². The van der Waals surface area contributed by atoms with Gasteiger partial charge < -0.3 is 24.2 Å². The summed E-state index contributed by atoms with van der Waals surface area (Å²) in [7, 11) is 1.58. The van der Waals surface area contributed by atoms with E-state index in [0.29, 0.717) is 44.2 Å². The molecule has 1 saturated heterocycles. The number of aliphatic hydroxyl groups excluding tert-OH is 1.